The summed E-state index contributed by atoms with van der Waals surface area (Å²) in [5.74, 6) is 0.0750. The van der Waals surface area contributed by atoms with Crippen molar-refractivity contribution in [1.82, 2.24) is 4.90 Å². The Morgan fingerprint density at radius 2 is 2.00 bits per heavy atom. The lowest BCUT2D eigenvalue weighted by Crippen LogP contribution is -2.30. The number of hydrogen-bond donors (Lipinski definition) is 1. The van der Waals surface area contributed by atoms with Gasteiger partial charge in [-0.05, 0) is 44.5 Å². The van der Waals surface area contributed by atoms with Gasteiger partial charge < -0.3 is 10.0 Å². The Hall–Kier alpha value is 0.0600. The largest absolute Gasteiger partial charge is 0.441 e. The third-order valence-corrected chi connectivity index (χ3v) is 3.54. The first-order valence-electron chi connectivity index (χ1n) is 5.44. The monoisotopic (exact) mass is 257 g/mol. The average Bonchev–Trinajstić information content (AvgIpc) is 2.26. The van der Waals surface area contributed by atoms with Crippen LogP contribution in [-0.4, -0.2) is 46.5 Å². The summed E-state index contributed by atoms with van der Waals surface area (Å²) in [6.45, 7) is 3.71. The Labute approximate surface area is 98.2 Å². The first kappa shape index (κ1) is 14.1. The molecule has 0 amide bonds. The lowest BCUT2D eigenvalue weighted by molar-refractivity contribution is -0.0329. The Kier molecular flexibility index (Phi) is 4.94. The highest BCUT2D eigenvalue weighted by atomic mass is 32.2. The minimum absolute atomic E-state index is 0.0297. The van der Waals surface area contributed by atoms with Crippen molar-refractivity contribution in [2.24, 2.45) is 0 Å². The quantitative estimate of drug-likeness (QED) is 0.840. The van der Waals surface area contributed by atoms with E-state index in [9.17, 15) is 18.3 Å². The number of halogens is 3. The Balaban J connectivity index is 2.23. The summed E-state index contributed by atoms with van der Waals surface area (Å²) in [5, 5.41) is 9.82. The molecule has 1 saturated heterocycles. The highest BCUT2D eigenvalue weighted by Crippen LogP contribution is 2.30. The molecule has 0 aliphatic carbocycles. The van der Waals surface area contributed by atoms with Gasteiger partial charge in [0, 0.05) is 18.8 Å². The maximum absolute atomic E-state index is 11.9. The summed E-state index contributed by atoms with van der Waals surface area (Å²) in [6.07, 6.45) is 2.23. The van der Waals surface area contributed by atoms with E-state index in [1.807, 2.05) is 4.90 Å². The number of rotatable bonds is 3. The fraction of sp³-hybridized carbons (Fsp3) is 1.00. The molecule has 6 heteroatoms. The molecule has 0 saturated carbocycles. The normalized spacial score (nSPS) is 29.1. The van der Waals surface area contributed by atoms with Gasteiger partial charge in [0.05, 0.1) is 5.60 Å². The summed E-state index contributed by atoms with van der Waals surface area (Å²) in [5.41, 5.74) is -4.77. The van der Waals surface area contributed by atoms with E-state index in [1.54, 1.807) is 6.92 Å². The van der Waals surface area contributed by atoms with Gasteiger partial charge in [-0.2, -0.15) is 13.2 Å². The Morgan fingerprint density at radius 3 is 2.62 bits per heavy atom. The van der Waals surface area contributed by atoms with Crippen molar-refractivity contribution in [3.05, 3.63) is 0 Å². The van der Waals surface area contributed by atoms with Gasteiger partial charge in [0.25, 0.3) is 0 Å². The molecule has 1 aliphatic rings. The predicted molar refractivity (Wildman–Crippen MR) is 59.4 cm³/mol. The number of hydrogen-bond acceptors (Lipinski definition) is 3. The SMILES string of the molecule is CC1(O)CCCN(CCSC(F)(F)F)CC1. The fourth-order valence-electron chi connectivity index (χ4n) is 1.83. The molecule has 1 N–H and O–H groups in total. The van der Waals surface area contributed by atoms with E-state index in [1.165, 1.54) is 0 Å². The van der Waals surface area contributed by atoms with Crippen LogP contribution < -0.4 is 0 Å². The average molecular weight is 257 g/mol. The number of likely N-dealkylation sites (tertiary alicyclic amines) is 1. The number of nitrogens with zero attached hydrogens (tertiary/aromatic N) is 1. The van der Waals surface area contributed by atoms with E-state index < -0.39 is 11.1 Å². The van der Waals surface area contributed by atoms with E-state index >= 15 is 0 Å². The molecule has 1 unspecified atom stereocenters. The standard InChI is InChI=1S/C10H18F3NOS/c1-9(15)3-2-5-14(6-4-9)7-8-16-10(11,12)13/h15H,2-8H2,1H3. The Bertz CT molecular complexity index is 221. The van der Waals surface area contributed by atoms with Gasteiger partial charge in [-0.3, -0.25) is 0 Å². The van der Waals surface area contributed by atoms with Gasteiger partial charge in [-0.25, -0.2) is 0 Å². The highest BCUT2D eigenvalue weighted by Gasteiger charge is 2.29. The van der Waals surface area contributed by atoms with Gasteiger partial charge in [0.15, 0.2) is 0 Å². The van der Waals surface area contributed by atoms with Crippen LogP contribution in [0.2, 0.25) is 0 Å². The zero-order valence-electron chi connectivity index (χ0n) is 9.39. The van der Waals surface area contributed by atoms with Crippen LogP contribution in [0.4, 0.5) is 13.2 Å². The van der Waals surface area contributed by atoms with Crippen LogP contribution in [-0.2, 0) is 0 Å². The second-order valence-corrected chi connectivity index (χ2v) is 5.65. The van der Waals surface area contributed by atoms with Crippen molar-refractivity contribution in [1.29, 1.82) is 0 Å². The molecule has 0 aromatic carbocycles. The second-order valence-electron chi connectivity index (χ2n) is 4.49. The molecule has 96 valence electrons. The Morgan fingerprint density at radius 1 is 1.31 bits per heavy atom. The van der Waals surface area contributed by atoms with Gasteiger partial charge in [-0.1, -0.05) is 0 Å². The molecule has 1 fully saturated rings. The zero-order valence-corrected chi connectivity index (χ0v) is 10.2. The van der Waals surface area contributed by atoms with Crippen LogP contribution in [0.5, 0.6) is 0 Å². The third-order valence-electron chi connectivity index (χ3n) is 2.83. The minimum atomic E-state index is -4.13. The van der Waals surface area contributed by atoms with E-state index in [-0.39, 0.29) is 17.5 Å². The van der Waals surface area contributed by atoms with E-state index in [2.05, 4.69) is 0 Å². The van der Waals surface area contributed by atoms with E-state index in [0.29, 0.717) is 19.5 Å². The van der Waals surface area contributed by atoms with E-state index in [0.717, 1.165) is 19.4 Å². The van der Waals surface area contributed by atoms with Crippen molar-refractivity contribution in [3.8, 4) is 0 Å². The van der Waals surface area contributed by atoms with Crippen molar-refractivity contribution >= 4 is 11.8 Å². The van der Waals surface area contributed by atoms with Crippen molar-refractivity contribution in [2.45, 2.75) is 37.3 Å². The molecule has 0 bridgehead atoms. The number of alkyl halides is 3. The third kappa shape index (κ3) is 5.96. The number of thioether (sulfide) groups is 1. The summed E-state index contributed by atoms with van der Waals surface area (Å²) in [7, 11) is 0. The van der Waals surface area contributed by atoms with Gasteiger partial charge >= 0.3 is 5.51 Å². The second kappa shape index (κ2) is 5.60. The summed E-state index contributed by atoms with van der Waals surface area (Å²) >= 11 is 0.0297. The first-order valence-corrected chi connectivity index (χ1v) is 6.42. The van der Waals surface area contributed by atoms with Crippen molar-refractivity contribution in [3.63, 3.8) is 0 Å². The zero-order chi connectivity index (χ0) is 12.2. The summed E-state index contributed by atoms with van der Waals surface area (Å²) in [6, 6.07) is 0. The molecule has 0 spiro atoms. The molecule has 16 heavy (non-hydrogen) atoms. The van der Waals surface area contributed by atoms with Gasteiger partial charge in [-0.15, -0.1) is 0 Å². The molecule has 0 radical (unpaired) electrons. The van der Waals surface area contributed by atoms with Gasteiger partial charge in [0.1, 0.15) is 0 Å². The van der Waals surface area contributed by atoms with Crippen LogP contribution >= 0.6 is 11.8 Å². The maximum atomic E-state index is 11.9. The number of aliphatic hydroxyl groups is 1. The molecule has 1 aliphatic heterocycles. The van der Waals surface area contributed by atoms with Crippen LogP contribution in [0.15, 0.2) is 0 Å². The van der Waals surface area contributed by atoms with Crippen LogP contribution in [0.25, 0.3) is 0 Å². The first-order chi connectivity index (χ1) is 7.29. The molecule has 1 atom stereocenters. The maximum Gasteiger partial charge on any atom is 0.441 e. The fourth-order valence-corrected chi connectivity index (χ4v) is 2.41. The van der Waals surface area contributed by atoms with Crippen LogP contribution in [0.3, 0.4) is 0 Å². The highest BCUT2D eigenvalue weighted by molar-refractivity contribution is 8.00. The van der Waals surface area contributed by atoms with Crippen molar-refractivity contribution < 1.29 is 18.3 Å². The summed E-state index contributed by atoms with van der Waals surface area (Å²) < 4.78 is 35.8. The predicted octanol–water partition coefficient (Wildman–Crippen LogP) is 2.48. The molecule has 2 nitrogen and oxygen atoms in total. The molecule has 0 aromatic heterocycles. The molecule has 1 heterocycles. The van der Waals surface area contributed by atoms with E-state index in [4.69, 9.17) is 0 Å². The smallest absolute Gasteiger partial charge is 0.390 e. The lowest BCUT2D eigenvalue weighted by atomic mass is 9.98. The molecule has 0 aromatic rings. The van der Waals surface area contributed by atoms with Crippen LogP contribution in [0.1, 0.15) is 26.2 Å². The topological polar surface area (TPSA) is 23.5 Å². The molecular formula is C10H18F3NOS. The summed E-state index contributed by atoms with van der Waals surface area (Å²) in [4.78, 5) is 2.00. The lowest BCUT2D eigenvalue weighted by Gasteiger charge is -2.22. The molecular weight excluding hydrogens is 239 g/mol. The van der Waals surface area contributed by atoms with Crippen LogP contribution in [0, 0.1) is 0 Å². The van der Waals surface area contributed by atoms with Crippen molar-refractivity contribution in [2.75, 3.05) is 25.4 Å². The van der Waals surface area contributed by atoms with Gasteiger partial charge in [0.2, 0.25) is 0 Å². The minimum Gasteiger partial charge on any atom is -0.390 e. The molecule has 1 rings (SSSR count).